The van der Waals surface area contributed by atoms with Crippen molar-refractivity contribution in [1.29, 1.82) is 0 Å². The lowest BCUT2D eigenvalue weighted by Crippen LogP contribution is -2.27. The lowest BCUT2D eigenvalue weighted by molar-refractivity contribution is -0.384. The van der Waals surface area contributed by atoms with E-state index in [-0.39, 0.29) is 10.6 Å². The Morgan fingerprint density at radius 1 is 1.35 bits per heavy atom. The second-order valence-electron chi connectivity index (χ2n) is 4.72. The fourth-order valence-electron chi connectivity index (χ4n) is 2.06. The number of nitro benzene ring substituents is 1. The highest BCUT2D eigenvalue weighted by Gasteiger charge is 2.20. The van der Waals surface area contributed by atoms with E-state index in [1.807, 2.05) is 20.2 Å². The second-order valence-corrected chi connectivity index (χ2v) is 4.72. The average molecular weight is 235 g/mol. The molecule has 0 atom stereocenters. The van der Waals surface area contributed by atoms with E-state index in [0.717, 1.165) is 31.7 Å². The molecule has 1 aliphatic heterocycles. The van der Waals surface area contributed by atoms with Crippen molar-refractivity contribution in [1.82, 2.24) is 9.80 Å². The molecule has 92 valence electrons. The van der Waals surface area contributed by atoms with Crippen LogP contribution in [0.15, 0.2) is 18.2 Å². The topological polar surface area (TPSA) is 49.6 Å². The lowest BCUT2D eigenvalue weighted by Gasteiger charge is -2.17. The maximum atomic E-state index is 10.7. The number of nitro groups is 1. The molecule has 0 spiro atoms. The number of fused-ring (bicyclic) bond motifs is 1. The van der Waals surface area contributed by atoms with Gasteiger partial charge in [0.15, 0.2) is 0 Å². The molecule has 0 N–H and O–H groups in total. The van der Waals surface area contributed by atoms with Gasteiger partial charge in [-0.3, -0.25) is 15.0 Å². The molecule has 0 saturated heterocycles. The van der Waals surface area contributed by atoms with E-state index in [1.165, 1.54) is 5.56 Å². The Morgan fingerprint density at radius 2 is 2.06 bits per heavy atom. The Bertz CT molecular complexity index is 432. The van der Waals surface area contributed by atoms with Gasteiger partial charge in [0.2, 0.25) is 0 Å². The molecule has 0 bridgehead atoms. The van der Waals surface area contributed by atoms with Crippen molar-refractivity contribution in [3.05, 3.63) is 39.4 Å². The van der Waals surface area contributed by atoms with E-state index in [2.05, 4.69) is 9.80 Å². The Hall–Kier alpha value is -1.46. The zero-order chi connectivity index (χ0) is 12.4. The third-order valence-corrected chi connectivity index (χ3v) is 3.05. The zero-order valence-electron chi connectivity index (χ0n) is 10.2. The maximum Gasteiger partial charge on any atom is 0.269 e. The Kier molecular flexibility index (Phi) is 3.40. The number of likely N-dealkylation sites (N-methyl/N-ethyl adjacent to an activating group) is 1. The first-order valence-electron chi connectivity index (χ1n) is 5.69. The number of benzene rings is 1. The van der Waals surface area contributed by atoms with Crippen LogP contribution in [-0.4, -0.2) is 41.9 Å². The molecule has 1 heterocycles. The van der Waals surface area contributed by atoms with Crippen molar-refractivity contribution in [2.45, 2.75) is 13.1 Å². The van der Waals surface area contributed by atoms with Crippen LogP contribution in [0.25, 0.3) is 0 Å². The van der Waals surface area contributed by atoms with Gasteiger partial charge in [-0.25, -0.2) is 0 Å². The minimum absolute atomic E-state index is 0.193. The van der Waals surface area contributed by atoms with Crippen molar-refractivity contribution < 1.29 is 4.92 Å². The molecule has 17 heavy (non-hydrogen) atoms. The van der Waals surface area contributed by atoms with Gasteiger partial charge in [-0.15, -0.1) is 0 Å². The highest BCUT2D eigenvalue weighted by atomic mass is 16.6. The predicted octanol–water partition coefficient (Wildman–Crippen LogP) is 1.47. The summed E-state index contributed by atoms with van der Waals surface area (Å²) in [5, 5.41) is 10.7. The number of hydrogen-bond donors (Lipinski definition) is 0. The summed E-state index contributed by atoms with van der Waals surface area (Å²) in [6, 6.07) is 5.17. The van der Waals surface area contributed by atoms with Gasteiger partial charge in [0.05, 0.1) is 4.92 Å². The van der Waals surface area contributed by atoms with E-state index < -0.39 is 0 Å². The summed E-state index contributed by atoms with van der Waals surface area (Å²) in [6.07, 6.45) is 0. The van der Waals surface area contributed by atoms with Gasteiger partial charge in [0, 0.05) is 38.3 Å². The Labute approximate surface area is 101 Å². The Balaban J connectivity index is 2.04. The number of rotatable bonds is 4. The van der Waals surface area contributed by atoms with Crippen LogP contribution in [-0.2, 0) is 13.1 Å². The Morgan fingerprint density at radius 3 is 2.71 bits per heavy atom. The third-order valence-electron chi connectivity index (χ3n) is 3.05. The first-order chi connectivity index (χ1) is 8.06. The van der Waals surface area contributed by atoms with Crippen molar-refractivity contribution >= 4 is 5.69 Å². The molecule has 0 aliphatic carbocycles. The summed E-state index contributed by atoms with van der Waals surface area (Å²) in [5.74, 6) is 0. The van der Waals surface area contributed by atoms with Crippen molar-refractivity contribution in [3.8, 4) is 0 Å². The van der Waals surface area contributed by atoms with Crippen LogP contribution in [0.3, 0.4) is 0 Å². The van der Waals surface area contributed by atoms with Crippen molar-refractivity contribution in [2.24, 2.45) is 0 Å². The van der Waals surface area contributed by atoms with Crippen LogP contribution in [0.5, 0.6) is 0 Å². The fourth-order valence-corrected chi connectivity index (χ4v) is 2.06. The van der Waals surface area contributed by atoms with Gasteiger partial charge in [0.1, 0.15) is 0 Å². The SMILES string of the molecule is CN(C)CCN1Cc2ccc([N+](=O)[O-])cc2C1. The highest BCUT2D eigenvalue weighted by molar-refractivity contribution is 5.41. The summed E-state index contributed by atoms with van der Waals surface area (Å²) in [7, 11) is 4.10. The number of nitrogens with zero attached hydrogens (tertiary/aromatic N) is 3. The standard InChI is InChI=1S/C12H17N3O2/c1-13(2)5-6-14-8-10-3-4-12(15(16)17)7-11(10)9-14/h3-4,7H,5-6,8-9H2,1-2H3. The smallest absolute Gasteiger partial charge is 0.269 e. The monoisotopic (exact) mass is 235 g/mol. The van der Waals surface area contributed by atoms with E-state index in [4.69, 9.17) is 0 Å². The number of non-ortho nitro benzene ring substituents is 1. The molecule has 1 aromatic carbocycles. The molecule has 5 nitrogen and oxygen atoms in total. The van der Waals surface area contributed by atoms with Crippen LogP contribution in [0.4, 0.5) is 5.69 Å². The molecular weight excluding hydrogens is 218 g/mol. The van der Waals surface area contributed by atoms with Crippen molar-refractivity contribution in [2.75, 3.05) is 27.2 Å². The minimum atomic E-state index is -0.331. The molecule has 0 aromatic heterocycles. The van der Waals surface area contributed by atoms with E-state index in [9.17, 15) is 10.1 Å². The second kappa shape index (κ2) is 4.81. The first-order valence-corrected chi connectivity index (χ1v) is 5.69. The molecule has 1 aliphatic rings. The van der Waals surface area contributed by atoms with Gasteiger partial charge in [-0.1, -0.05) is 6.07 Å². The van der Waals surface area contributed by atoms with Crippen LogP contribution in [0, 0.1) is 10.1 Å². The quantitative estimate of drug-likeness (QED) is 0.586. The minimum Gasteiger partial charge on any atom is -0.308 e. The zero-order valence-corrected chi connectivity index (χ0v) is 10.2. The van der Waals surface area contributed by atoms with Gasteiger partial charge >= 0.3 is 0 Å². The molecule has 2 rings (SSSR count). The van der Waals surface area contributed by atoms with Crippen molar-refractivity contribution in [3.63, 3.8) is 0 Å². The predicted molar refractivity (Wildman–Crippen MR) is 65.8 cm³/mol. The molecule has 1 aromatic rings. The summed E-state index contributed by atoms with van der Waals surface area (Å²) >= 11 is 0. The first kappa shape index (κ1) is 12.0. The van der Waals surface area contributed by atoms with Crippen LogP contribution in [0.1, 0.15) is 11.1 Å². The molecule has 0 radical (unpaired) electrons. The number of hydrogen-bond acceptors (Lipinski definition) is 4. The van der Waals surface area contributed by atoms with E-state index in [0.29, 0.717) is 0 Å². The normalized spacial score (nSPS) is 15.2. The van der Waals surface area contributed by atoms with Gasteiger partial charge < -0.3 is 4.90 Å². The molecule has 0 amide bonds. The summed E-state index contributed by atoms with van der Waals surface area (Å²) < 4.78 is 0. The third kappa shape index (κ3) is 2.81. The fraction of sp³-hybridized carbons (Fsp3) is 0.500. The maximum absolute atomic E-state index is 10.7. The van der Waals surface area contributed by atoms with Gasteiger partial charge in [0.25, 0.3) is 5.69 Å². The average Bonchev–Trinajstić information content (AvgIpc) is 2.67. The van der Waals surface area contributed by atoms with Crippen LogP contribution in [0.2, 0.25) is 0 Å². The van der Waals surface area contributed by atoms with E-state index in [1.54, 1.807) is 12.1 Å². The highest BCUT2D eigenvalue weighted by Crippen LogP contribution is 2.26. The van der Waals surface area contributed by atoms with Crippen LogP contribution < -0.4 is 0 Å². The van der Waals surface area contributed by atoms with Crippen LogP contribution >= 0.6 is 0 Å². The molecule has 0 saturated carbocycles. The summed E-state index contributed by atoms with van der Waals surface area (Å²) in [6.45, 7) is 3.73. The largest absolute Gasteiger partial charge is 0.308 e. The van der Waals surface area contributed by atoms with Gasteiger partial charge in [-0.2, -0.15) is 0 Å². The molecule has 5 heteroatoms. The molecule has 0 fully saturated rings. The molecular formula is C12H17N3O2. The summed E-state index contributed by atoms with van der Waals surface area (Å²) in [4.78, 5) is 14.8. The van der Waals surface area contributed by atoms with E-state index >= 15 is 0 Å². The summed E-state index contributed by atoms with van der Waals surface area (Å²) in [5.41, 5.74) is 2.51. The van der Waals surface area contributed by atoms with Gasteiger partial charge in [-0.05, 0) is 25.2 Å². The lowest BCUT2D eigenvalue weighted by atomic mass is 10.1. The molecule has 0 unspecified atom stereocenters.